The second-order valence-corrected chi connectivity index (χ2v) is 11.3. The molecule has 206 valence electrons. The molecule has 1 aliphatic carbocycles. The molecule has 13 heteroatoms. The van der Waals surface area contributed by atoms with Crippen molar-refractivity contribution in [3.63, 3.8) is 0 Å². The fourth-order valence-electron chi connectivity index (χ4n) is 4.97. The van der Waals surface area contributed by atoms with Gasteiger partial charge in [0.15, 0.2) is 9.84 Å². The van der Waals surface area contributed by atoms with Crippen LogP contribution in [-0.4, -0.2) is 37.2 Å². The van der Waals surface area contributed by atoms with Crippen molar-refractivity contribution in [2.75, 3.05) is 6.61 Å². The van der Waals surface area contributed by atoms with Gasteiger partial charge in [0.1, 0.15) is 10.6 Å². The zero-order valence-corrected chi connectivity index (χ0v) is 20.6. The first kappa shape index (κ1) is 28.1. The summed E-state index contributed by atoms with van der Waals surface area (Å²) in [4.78, 5) is -0.188. The van der Waals surface area contributed by atoms with Crippen molar-refractivity contribution in [2.45, 2.75) is 59.8 Å². The van der Waals surface area contributed by atoms with Gasteiger partial charge in [-0.3, -0.25) is 4.68 Å². The number of halogens is 7. The molecule has 1 fully saturated rings. The SMILES string of the molecule is O=S(=O)(c1ccc(F)cc1)C1(c2ccc(C(OCCn3cccn3)(C(F)(F)F)C(F)(F)F)cc2)CCCC1. The van der Waals surface area contributed by atoms with Crippen LogP contribution in [0.25, 0.3) is 0 Å². The second kappa shape index (κ2) is 9.99. The van der Waals surface area contributed by atoms with Gasteiger partial charge in [0.05, 0.1) is 18.0 Å². The highest BCUT2D eigenvalue weighted by molar-refractivity contribution is 7.92. The molecular formula is C25H23F7N2O3S. The molecule has 4 rings (SSSR count). The molecule has 0 saturated heterocycles. The summed E-state index contributed by atoms with van der Waals surface area (Å²) >= 11 is 0. The van der Waals surface area contributed by atoms with Crippen molar-refractivity contribution < 1.29 is 43.9 Å². The molecule has 1 heterocycles. The van der Waals surface area contributed by atoms with Crippen molar-refractivity contribution in [2.24, 2.45) is 0 Å². The number of benzene rings is 2. The third kappa shape index (κ3) is 4.70. The quantitative estimate of drug-likeness (QED) is 0.238. The zero-order valence-electron chi connectivity index (χ0n) is 19.8. The Morgan fingerprint density at radius 1 is 0.895 bits per heavy atom. The number of sulfone groups is 1. The number of alkyl halides is 6. The summed E-state index contributed by atoms with van der Waals surface area (Å²) in [5, 5.41) is 3.75. The van der Waals surface area contributed by atoms with Crippen LogP contribution < -0.4 is 0 Å². The van der Waals surface area contributed by atoms with Crippen molar-refractivity contribution in [3.05, 3.63) is 83.9 Å². The molecule has 5 nitrogen and oxygen atoms in total. The molecular weight excluding hydrogens is 541 g/mol. The average Bonchev–Trinajstić information content (AvgIpc) is 3.54. The summed E-state index contributed by atoms with van der Waals surface area (Å²) in [5.74, 6) is -0.656. The number of rotatable bonds is 8. The van der Waals surface area contributed by atoms with E-state index in [1.54, 1.807) is 0 Å². The molecule has 2 aromatic carbocycles. The summed E-state index contributed by atoms with van der Waals surface area (Å²) in [6, 6.07) is 8.76. The highest BCUT2D eigenvalue weighted by Gasteiger charge is 2.73. The number of ether oxygens (including phenoxy) is 1. The minimum Gasteiger partial charge on any atom is -0.352 e. The zero-order chi connectivity index (χ0) is 27.8. The fourth-order valence-corrected chi connectivity index (χ4v) is 7.18. The lowest BCUT2D eigenvalue weighted by atomic mass is 9.88. The fraction of sp³-hybridized carbons (Fsp3) is 0.400. The molecule has 0 N–H and O–H groups in total. The van der Waals surface area contributed by atoms with Gasteiger partial charge in [-0.05, 0) is 48.7 Å². The average molecular weight is 565 g/mol. The molecule has 0 bridgehead atoms. The maximum atomic E-state index is 14.1. The van der Waals surface area contributed by atoms with Gasteiger partial charge in [0.2, 0.25) is 0 Å². The number of nitrogens with zero attached hydrogens (tertiary/aromatic N) is 2. The minimum atomic E-state index is -5.89. The van der Waals surface area contributed by atoms with E-state index in [1.165, 1.54) is 18.5 Å². The second-order valence-electron chi connectivity index (χ2n) is 9.03. The number of aromatic nitrogens is 2. The Kier molecular flexibility index (Phi) is 7.38. The molecule has 0 aliphatic heterocycles. The monoisotopic (exact) mass is 564 g/mol. The van der Waals surface area contributed by atoms with Crippen LogP contribution in [-0.2, 0) is 31.5 Å². The van der Waals surface area contributed by atoms with Crippen LogP contribution in [0, 0.1) is 5.82 Å². The Bertz CT molecular complexity index is 1320. The van der Waals surface area contributed by atoms with Gasteiger partial charge in [-0.2, -0.15) is 31.4 Å². The van der Waals surface area contributed by atoms with Crippen LogP contribution in [0.1, 0.15) is 36.8 Å². The Hall–Kier alpha value is -2.93. The van der Waals surface area contributed by atoms with E-state index in [0.29, 0.717) is 25.0 Å². The lowest BCUT2D eigenvalue weighted by Gasteiger charge is -2.38. The van der Waals surface area contributed by atoms with Crippen LogP contribution in [0.2, 0.25) is 0 Å². The van der Waals surface area contributed by atoms with Crippen LogP contribution >= 0.6 is 0 Å². The first-order valence-corrected chi connectivity index (χ1v) is 13.1. The van der Waals surface area contributed by atoms with Crippen LogP contribution in [0.4, 0.5) is 30.7 Å². The third-order valence-electron chi connectivity index (χ3n) is 6.86. The maximum Gasteiger partial charge on any atom is 0.430 e. The summed E-state index contributed by atoms with van der Waals surface area (Å²) < 4.78 is 130. The third-order valence-corrected chi connectivity index (χ3v) is 9.43. The first-order chi connectivity index (χ1) is 17.7. The number of hydrogen-bond donors (Lipinski definition) is 0. The summed E-state index contributed by atoms with van der Waals surface area (Å²) in [7, 11) is -4.17. The standard InChI is InChI=1S/C25H23F7N2O3S/c26-20-8-10-21(11-9-20)38(35,36)22(12-1-2-13-22)18-4-6-19(7-5-18)23(24(27,28)29,25(30,31)32)37-17-16-34-15-3-14-33-34/h3-11,14-15H,1-2,12-13,16-17H2. The van der Waals surface area contributed by atoms with Gasteiger partial charge in [0, 0.05) is 18.0 Å². The van der Waals surface area contributed by atoms with Gasteiger partial charge in [-0.15, -0.1) is 0 Å². The van der Waals surface area contributed by atoms with E-state index in [1.807, 2.05) is 0 Å². The summed E-state index contributed by atoms with van der Waals surface area (Å²) in [6.45, 7) is -1.32. The molecule has 0 unspecified atom stereocenters. The highest BCUT2D eigenvalue weighted by Crippen LogP contribution is 2.54. The normalized spacial score (nSPS) is 16.6. The molecule has 0 spiro atoms. The molecule has 1 aliphatic rings. The Balaban J connectivity index is 1.76. The molecule has 1 saturated carbocycles. The van der Waals surface area contributed by atoms with E-state index >= 15 is 0 Å². The lowest BCUT2D eigenvalue weighted by Crippen LogP contribution is -2.56. The topological polar surface area (TPSA) is 61.2 Å². The molecule has 0 radical (unpaired) electrons. The smallest absolute Gasteiger partial charge is 0.352 e. The maximum absolute atomic E-state index is 14.1. The van der Waals surface area contributed by atoms with Crippen LogP contribution in [0.3, 0.4) is 0 Å². The lowest BCUT2D eigenvalue weighted by molar-refractivity contribution is -0.390. The highest BCUT2D eigenvalue weighted by atomic mass is 32.2. The van der Waals surface area contributed by atoms with E-state index < -0.39 is 50.5 Å². The van der Waals surface area contributed by atoms with Crippen LogP contribution in [0.5, 0.6) is 0 Å². The summed E-state index contributed by atoms with van der Waals surface area (Å²) in [5.41, 5.74) is -5.82. The van der Waals surface area contributed by atoms with Gasteiger partial charge < -0.3 is 4.74 Å². The largest absolute Gasteiger partial charge is 0.430 e. The van der Waals surface area contributed by atoms with E-state index in [9.17, 15) is 39.2 Å². The van der Waals surface area contributed by atoms with E-state index in [2.05, 4.69) is 9.84 Å². The Morgan fingerprint density at radius 3 is 1.97 bits per heavy atom. The predicted octanol–water partition coefficient (Wildman–Crippen LogP) is 6.30. The Morgan fingerprint density at radius 2 is 1.47 bits per heavy atom. The Labute approximate surface area is 214 Å². The van der Waals surface area contributed by atoms with E-state index in [4.69, 9.17) is 0 Å². The molecule has 38 heavy (non-hydrogen) atoms. The molecule has 3 aromatic rings. The van der Waals surface area contributed by atoms with E-state index in [0.717, 1.165) is 41.1 Å². The van der Waals surface area contributed by atoms with Gasteiger partial charge in [0.25, 0.3) is 5.60 Å². The van der Waals surface area contributed by atoms with Crippen molar-refractivity contribution in [3.8, 4) is 0 Å². The first-order valence-electron chi connectivity index (χ1n) is 11.6. The predicted molar refractivity (Wildman–Crippen MR) is 122 cm³/mol. The van der Waals surface area contributed by atoms with E-state index in [-0.39, 0.29) is 29.8 Å². The number of hydrogen-bond acceptors (Lipinski definition) is 4. The van der Waals surface area contributed by atoms with Crippen LogP contribution in [0.15, 0.2) is 71.9 Å². The van der Waals surface area contributed by atoms with Gasteiger partial charge >= 0.3 is 12.4 Å². The molecule has 0 atom stereocenters. The summed E-state index contributed by atoms with van der Waals surface area (Å²) in [6.07, 6.45) is -7.92. The van der Waals surface area contributed by atoms with Crippen molar-refractivity contribution in [1.82, 2.24) is 9.78 Å². The molecule has 1 aromatic heterocycles. The van der Waals surface area contributed by atoms with Crippen molar-refractivity contribution in [1.29, 1.82) is 0 Å². The van der Waals surface area contributed by atoms with Gasteiger partial charge in [-0.1, -0.05) is 37.1 Å². The minimum absolute atomic E-state index is 0.0536. The van der Waals surface area contributed by atoms with Gasteiger partial charge in [-0.25, -0.2) is 12.8 Å². The molecule has 0 amide bonds. The van der Waals surface area contributed by atoms with Crippen molar-refractivity contribution >= 4 is 9.84 Å².